The van der Waals surface area contributed by atoms with Crippen molar-refractivity contribution in [2.75, 3.05) is 13.1 Å². The summed E-state index contributed by atoms with van der Waals surface area (Å²) in [5.41, 5.74) is -0.840. The minimum atomic E-state index is -1.44. The largest absolute Gasteiger partial charge is 0.481 e. The number of carboxylic acids is 1. The van der Waals surface area contributed by atoms with E-state index in [1.165, 1.54) is 9.30 Å². The minimum Gasteiger partial charge on any atom is -0.481 e. The highest BCUT2D eigenvalue weighted by atomic mass is 19.1. The molecule has 0 unspecified atom stereocenters. The van der Waals surface area contributed by atoms with Crippen molar-refractivity contribution >= 4 is 17.5 Å². The number of aliphatic hydroxyl groups excluding tert-OH is 1. The van der Waals surface area contributed by atoms with Crippen LogP contribution in [-0.2, 0) is 4.79 Å². The van der Waals surface area contributed by atoms with Crippen molar-refractivity contribution in [3.05, 3.63) is 35.5 Å². The number of piperidine rings is 1. The van der Waals surface area contributed by atoms with E-state index < -0.39 is 29.3 Å². The zero-order chi connectivity index (χ0) is 19.1. The Morgan fingerprint density at radius 2 is 2.15 bits per heavy atom. The van der Waals surface area contributed by atoms with Crippen LogP contribution in [0.25, 0.3) is 5.65 Å². The normalized spacial score (nSPS) is 23.4. The van der Waals surface area contributed by atoms with Crippen LogP contribution in [0.15, 0.2) is 18.2 Å². The first-order chi connectivity index (χ1) is 12.3. The molecule has 2 atom stereocenters. The van der Waals surface area contributed by atoms with Gasteiger partial charge in [-0.05, 0) is 31.9 Å². The fraction of sp³-hybridized carbons (Fsp3) is 0.500. The van der Waals surface area contributed by atoms with E-state index in [0.717, 1.165) is 0 Å². The molecule has 3 rings (SSSR count). The van der Waals surface area contributed by atoms with Crippen molar-refractivity contribution in [1.29, 1.82) is 0 Å². The highest BCUT2D eigenvalue weighted by Gasteiger charge is 2.49. The number of fused-ring (bicyclic) bond motifs is 1. The lowest BCUT2D eigenvalue weighted by atomic mass is 9.74. The smallest absolute Gasteiger partial charge is 0.314 e. The Hall–Kier alpha value is -2.48. The lowest BCUT2D eigenvalue weighted by Crippen LogP contribution is -2.57. The van der Waals surface area contributed by atoms with Gasteiger partial charge in [0.15, 0.2) is 5.69 Å². The summed E-state index contributed by atoms with van der Waals surface area (Å²) in [6.45, 7) is 3.52. The molecule has 7 nitrogen and oxygen atoms in total. The third-order valence-corrected chi connectivity index (χ3v) is 5.18. The average Bonchev–Trinajstić information content (AvgIpc) is 2.94. The molecular weight excluding hydrogens is 341 g/mol. The van der Waals surface area contributed by atoms with Gasteiger partial charge in [0, 0.05) is 18.8 Å². The van der Waals surface area contributed by atoms with Gasteiger partial charge in [0.25, 0.3) is 5.91 Å². The maximum atomic E-state index is 14.8. The Morgan fingerprint density at radius 1 is 1.42 bits per heavy atom. The summed E-state index contributed by atoms with van der Waals surface area (Å²) in [5, 5.41) is 20.0. The van der Waals surface area contributed by atoms with E-state index in [1.54, 1.807) is 25.1 Å². The second kappa shape index (κ2) is 6.68. The summed E-state index contributed by atoms with van der Waals surface area (Å²) in [6.07, 6.45) is -0.128. The van der Waals surface area contributed by atoms with E-state index in [2.05, 4.69) is 4.98 Å². The lowest BCUT2D eigenvalue weighted by Gasteiger charge is -2.43. The fourth-order valence-electron chi connectivity index (χ4n) is 3.76. The number of amides is 1. The van der Waals surface area contributed by atoms with Crippen LogP contribution in [0.2, 0.25) is 0 Å². The highest BCUT2D eigenvalue weighted by molar-refractivity contribution is 5.94. The maximum Gasteiger partial charge on any atom is 0.314 e. The number of aromatic nitrogens is 2. The van der Waals surface area contributed by atoms with Gasteiger partial charge >= 0.3 is 5.97 Å². The van der Waals surface area contributed by atoms with E-state index in [1.807, 2.05) is 6.92 Å². The number of nitrogens with zero attached hydrogens (tertiary/aromatic N) is 3. The lowest BCUT2D eigenvalue weighted by molar-refractivity contribution is -0.162. The molecule has 3 heterocycles. The zero-order valence-electron chi connectivity index (χ0n) is 14.8. The maximum absolute atomic E-state index is 14.8. The van der Waals surface area contributed by atoms with Crippen molar-refractivity contribution in [3.8, 4) is 0 Å². The van der Waals surface area contributed by atoms with Crippen LogP contribution < -0.4 is 0 Å². The van der Waals surface area contributed by atoms with E-state index in [4.69, 9.17) is 0 Å². The van der Waals surface area contributed by atoms with Crippen LogP contribution in [0.3, 0.4) is 0 Å². The third-order valence-electron chi connectivity index (χ3n) is 5.18. The number of aliphatic hydroxyl groups is 1. The number of aliphatic carboxylic acids is 1. The Morgan fingerprint density at radius 3 is 2.77 bits per heavy atom. The molecule has 2 N–H and O–H groups in total. The number of hydrogen-bond donors (Lipinski definition) is 2. The van der Waals surface area contributed by atoms with Crippen LogP contribution in [0, 0.1) is 18.3 Å². The van der Waals surface area contributed by atoms with Crippen molar-refractivity contribution in [1.82, 2.24) is 14.3 Å². The molecule has 0 aliphatic carbocycles. The first-order valence-corrected chi connectivity index (χ1v) is 8.66. The van der Waals surface area contributed by atoms with E-state index in [-0.39, 0.29) is 31.6 Å². The minimum absolute atomic E-state index is 0.131. The molecule has 1 fully saturated rings. The van der Waals surface area contributed by atoms with Crippen molar-refractivity contribution in [3.63, 3.8) is 0 Å². The number of aryl methyl sites for hydroxylation is 1. The Bertz CT molecular complexity index is 865. The molecule has 0 radical (unpaired) electrons. The van der Waals surface area contributed by atoms with Crippen molar-refractivity contribution in [2.45, 2.75) is 39.2 Å². The Kier molecular flexibility index (Phi) is 4.70. The number of imidazole rings is 1. The van der Waals surface area contributed by atoms with Gasteiger partial charge in [-0.15, -0.1) is 0 Å². The van der Waals surface area contributed by atoms with Gasteiger partial charge in [0.2, 0.25) is 5.95 Å². The third kappa shape index (κ3) is 2.74. The molecule has 26 heavy (non-hydrogen) atoms. The number of carbonyl (C=O) groups excluding carboxylic acids is 1. The Balaban J connectivity index is 1.97. The molecule has 1 amide bonds. The quantitative estimate of drug-likeness (QED) is 0.865. The van der Waals surface area contributed by atoms with Gasteiger partial charge in [-0.1, -0.05) is 19.4 Å². The fourth-order valence-corrected chi connectivity index (χ4v) is 3.76. The number of hydrogen-bond acceptors (Lipinski definition) is 4. The molecule has 0 spiro atoms. The second-order valence-electron chi connectivity index (χ2n) is 6.85. The van der Waals surface area contributed by atoms with Gasteiger partial charge < -0.3 is 15.1 Å². The molecule has 8 heteroatoms. The van der Waals surface area contributed by atoms with Gasteiger partial charge in [0.05, 0.1) is 6.10 Å². The predicted octanol–water partition coefficient (Wildman–Crippen LogP) is 1.86. The molecule has 2 aromatic rings. The number of rotatable bonds is 4. The molecule has 1 aliphatic heterocycles. The van der Waals surface area contributed by atoms with E-state index in [9.17, 15) is 24.2 Å². The van der Waals surface area contributed by atoms with Crippen molar-refractivity contribution < 1.29 is 24.2 Å². The van der Waals surface area contributed by atoms with Crippen LogP contribution in [0.1, 0.15) is 42.4 Å². The van der Waals surface area contributed by atoms with Gasteiger partial charge in [-0.2, -0.15) is 4.39 Å². The van der Waals surface area contributed by atoms with Gasteiger partial charge in [-0.25, -0.2) is 4.98 Å². The van der Waals surface area contributed by atoms with E-state index in [0.29, 0.717) is 17.8 Å². The van der Waals surface area contributed by atoms with Gasteiger partial charge in [0.1, 0.15) is 11.1 Å². The molecule has 140 valence electrons. The van der Waals surface area contributed by atoms with E-state index >= 15 is 0 Å². The SMILES string of the molecule is CCC[C@@]1(C(=O)O)CN(C(=O)c2nc3cccc(C)n3c2F)CC[C@@H]1O. The molecule has 1 aliphatic rings. The Labute approximate surface area is 150 Å². The number of carboxylic acid groups (broad SMARTS) is 1. The summed E-state index contributed by atoms with van der Waals surface area (Å²) >= 11 is 0. The monoisotopic (exact) mass is 363 g/mol. The number of pyridine rings is 1. The number of carbonyl (C=O) groups is 2. The number of likely N-dealkylation sites (tertiary alicyclic amines) is 1. The highest BCUT2D eigenvalue weighted by Crippen LogP contribution is 2.36. The average molecular weight is 363 g/mol. The summed E-state index contributed by atoms with van der Waals surface area (Å²) in [5.74, 6) is -2.56. The second-order valence-corrected chi connectivity index (χ2v) is 6.85. The van der Waals surface area contributed by atoms with Crippen LogP contribution in [0.5, 0.6) is 0 Å². The molecule has 0 saturated carbocycles. The molecular formula is C18H22FN3O4. The standard InChI is InChI=1S/C18H22FN3O4/c1-3-8-18(17(25)26)10-21(9-7-12(18)23)16(24)14-15(19)22-11(2)5-4-6-13(22)20-14/h4-6,12,23H,3,7-10H2,1-2H3,(H,25,26)/t12-,18+/m0/s1. The molecule has 2 aromatic heterocycles. The summed E-state index contributed by atoms with van der Waals surface area (Å²) in [7, 11) is 0. The summed E-state index contributed by atoms with van der Waals surface area (Å²) in [6, 6.07) is 5.03. The zero-order valence-corrected chi connectivity index (χ0v) is 14.8. The topological polar surface area (TPSA) is 95.1 Å². The predicted molar refractivity (Wildman–Crippen MR) is 91.4 cm³/mol. The molecule has 0 bridgehead atoms. The molecule has 0 aromatic carbocycles. The van der Waals surface area contributed by atoms with Crippen LogP contribution in [0.4, 0.5) is 4.39 Å². The van der Waals surface area contributed by atoms with Crippen LogP contribution in [-0.4, -0.2) is 55.6 Å². The molecule has 1 saturated heterocycles. The first-order valence-electron chi connectivity index (χ1n) is 8.66. The van der Waals surface area contributed by atoms with Gasteiger partial charge in [-0.3, -0.25) is 14.0 Å². The van der Waals surface area contributed by atoms with Crippen LogP contribution >= 0.6 is 0 Å². The van der Waals surface area contributed by atoms with Crippen molar-refractivity contribution in [2.24, 2.45) is 5.41 Å². The number of halogens is 1. The first kappa shape index (κ1) is 18.3. The summed E-state index contributed by atoms with van der Waals surface area (Å²) in [4.78, 5) is 30.1. The summed E-state index contributed by atoms with van der Waals surface area (Å²) < 4.78 is 16.0.